The van der Waals surface area contributed by atoms with Crippen LogP contribution in [0.15, 0.2) is 23.1 Å². The Bertz CT molecular complexity index is 550. The van der Waals surface area contributed by atoms with Crippen LogP contribution >= 0.6 is 0 Å². The van der Waals surface area contributed by atoms with Crippen molar-refractivity contribution in [1.29, 1.82) is 0 Å². The zero-order valence-corrected chi connectivity index (χ0v) is 11.3. The first-order valence-corrected chi connectivity index (χ1v) is 7.57. The van der Waals surface area contributed by atoms with Crippen LogP contribution in [0.1, 0.15) is 26.2 Å². The number of nitrogen functional groups attached to an aromatic ring is 1. The number of primary sulfonamides is 1. The SMILES string of the molecule is CCC1(CNc2ccc(N)cc2S(N)(=O)=O)CC1. The molecule has 0 amide bonds. The molecule has 100 valence electrons. The van der Waals surface area contributed by atoms with Gasteiger partial charge in [0.15, 0.2) is 0 Å². The molecule has 0 spiro atoms. The van der Waals surface area contributed by atoms with Crippen LogP contribution < -0.4 is 16.2 Å². The largest absolute Gasteiger partial charge is 0.399 e. The van der Waals surface area contributed by atoms with E-state index in [4.69, 9.17) is 10.9 Å². The van der Waals surface area contributed by atoms with Gasteiger partial charge < -0.3 is 11.1 Å². The molecule has 0 aromatic heterocycles. The zero-order chi connectivity index (χ0) is 13.4. The van der Waals surface area contributed by atoms with Gasteiger partial charge in [-0.15, -0.1) is 0 Å². The van der Waals surface area contributed by atoms with E-state index in [1.165, 1.54) is 18.9 Å². The predicted molar refractivity (Wildman–Crippen MR) is 72.7 cm³/mol. The Kier molecular flexibility index (Phi) is 3.25. The van der Waals surface area contributed by atoms with E-state index in [1.807, 2.05) is 0 Å². The fourth-order valence-electron chi connectivity index (χ4n) is 2.04. The monoisotopic (exact) mass is 269 g/mol. The number of sulfonamides is 1. The maximum absolute atomic E-state index is 11.5. The van der Waals surface area contributed by atoms with E-state index in [-0.39, 0.29) is 4.90 Å². The molecule has 18 heavy (non-hydrogen) atoms. The second kappa shape index (κ2) is 4.44. The highest BCUT2D eigenvalue weighted by atomic mass is 32.2. The lowest BCUT2D eigenvalue weighted by Crippen LogP contribution is -2.19. The molecule has 6 heteroatoms. The Labute approximate surface area is 108 Å². The van der Waals surface area contributed by atoms with Crippen LogP contribution in [-0.2, 0) is 10.0 Å². The van der Waals surface area contributed by atoms with Gasteiger partial charge in [0.2, 0.25) is 10.0 Å². The summed E-state index contributed by atoms with van der Waals surface area (Å²) in [4.78, 5) is 0.0643. The minimum atomic E-state index is -3.75. The van der Waals surface area contributed by atoms with E-state index in [1.54, 1.807) is 12.1 Å². The summed E-state index contributed by atoms with van der Waals surface area (Å²) < 4.78 is 23.0. The molecule has 1 aromatic rings. The quantitative estimate of drug-likeness (QED) is 0.706. The van der Waals surface area contributed by atoms with Gasteiger partial charge in [-0.2, -0.15) is 0 Å². The molecule has 0 atom stereocenters. The first-order chi connectivity index (χ1) is 8.36. The molecule has 0 aliphatic heterocycles. The average molecular weight is 269 g/mol. The molecule has 1 aromatic carbocycles. The number of hydrogen-bond donors (Lipinski definition) is 3. The molecular formula is C12H19N3O2S. The molecule has 2 rings (SSSR count). The van der Waals surface area contributed by atoms with Crippen molar-refractivity contribution in [1.82, 2.24) is 0 Å². The fourth-order valence-corrected chi connectivity index (χ4v) is 2.78. The summed E-state index contributed by atoms with van der Waals surface area (Å²) in [6.45, 7) is 2.92. The third kappa shape index (κ3) is 2.76. The number of hydrogen-bond acceptors (Lipinski definition) is 4. The molecule has 5 N–H and O–H groups in total. The van der Waals surface area contributed by atoms with Crippen LogP contribution in [0, 0.1) is 5.41 Å². The molecule has 1 fully saturated rings. The highest BCUT2D eigenvalue weighted by Crippen LogP contribution is 2.48. The fraction of sp³-hybridized carbons (Fsp3) is 0.500. The molecule has 0 radical (unpaired) electrons. The van der Waals surface area contributed by atoms with E-state index in [0.717, 1.165) is 13.0 Å². The van der Waals surface area contributed by atoms with Crippen molar-refractivity contribution in [2.45, 2.75) is 31.1 Å². The molecule has 0 unspecified atom stereocenters. The summed E-state index contributed by atoms with van der Waals surface area (Å²) in [7, 11) is -3.75. The van der Waals surface area contributed by atoms with Crippen molar-refractivity contribution in [3.63, 3.8) is 0 Å². The van der Waals surface area contributed by atoms with Crippen molar-refractivity contribution in [3.8, 4) is 0 Å². The van der Waals surface area contributed by atoms with E-state index in [2.05, 4.69) is 12.2 Å². The first kappa shape index (κ1) is 13.2. The summed E-state index contributed by atoms with van der Waals surface area (Å²) in [6.07, 6.45) is 3.48. The Morgan fingerprint density at radius 1 is 1.39 bits per heavy atom. The third-order valence-corrected chi connectivity index (χ3v) is 4.62. The highest BCUT2D eigenvalue weighted by Gasteiger charge is 2.40. The number of nitrogens with two attached hydrogens (primary N) is 2. The summed E-state index contributed by atoms with van der Waals surface area (Å²) >= 11 is 0. The summed E-state index contributed by atoms with van der Waals surface area (Å²) in [6, 6.07) is 4.73. The molecular weight excluding hydrogens is 250 g/mol. The third-order valence-electron chi connectivity index (χ3n) is 3.67. The number of rotatable bonds is 5. The van der Waals surface area contributed by atoms with Crippen LogP contribution in [0.2, 0.25) is 0 Å². The molecule has 0 bridgehead atoms. The smallest absolute Gasteiger partial charge is 0.240 e. The topological polar surface area (TPSA) is 98.2 Å². The Morgan fingerprint density at radius 3 is 2.56 bits per heavy atom. The van der Waals surface area contributed by atoms with Gasteiger partial charge in [0.25, 0.3) is 0 Å². The van der Waals surface area contributed by atoms with E-state index >= 15 is 0 Å². The lowest BCUT2D eigenvalue weighted by molar-refractivity contribution is 0.521. The number of nitrogens with one attached hydrogen (secondary N) is 1. The van der Waals surface area contributed by atoms with Gasteiger partial charge in [0.05, 0.1) is 5.69 Å². The van der Waals surface area contributed by atoms with Crippen molar-refractivity contribution in [2.24, 2.45) is 10.6 Å². The number of benzene rings is 1. The van der Waals surface area contributed by atoms with Crippen molar-refractivity contribution < 1.29 is 8.42 Å². The Balaban J connectivity index is 2.22. The van der Waals surface area contributed by atoms with Crippen molar-refractivity contribution in [2.75, 3.05) is 17.6 Å². The summed E-state index contributed by atoms with van der Waals surface area (Å²) in [5, 5.41) is 8.38. The van der Waals surface area contributed by atoms with Crippen LogP contribution in [0.4, 0.5) is 11.4 Å². The maximum atomic E-state index is 11.5. The Morgan fingerprint density at radius 2 is 2.06 bits per heavy atom. The Hall–Kier alpha value is -1.27. The van der Waals surface area contributed by atoms with Crippen LogP contribution in [0.25, 0.3) is 0 Å². The van der Waals surface area contributed by atoms with Gasteiger partial charge in [-0.25, -0.2) is 13.6 Å². The average Bonchev–Trinajstić information content (AvgIpc) is 3.07. The first-order valence-electron chi connectivity index (χ1n) is 6.02. The molecule has 1 aliphatic rings. The summed E-state index contributed by atoms with van der Waals surface area (Å²) in [5.41, 5.74) is 6.85. The van der Waals surface area contributed by atoms with Gasteiger partial charge in [-0.05, 0) is 42.9 Å². The van der Waals surface area contributed by atoms with Crippen LogP contribution in [0.5, 0.6) is 0 Å². The van der Waals surface area contributed by atoms with Gasteiger partial charge in [-0.3, -0.25) is 0 Å². The van der Waals surface area contributed by atoms with Crippen molar-refractivity contribution >= 4 is 21.4 Å². The predicted octanol–water partition coefficient (Wildman–Crippen LogP) is 1.52. The van der Waals surface area contributed by atoms with Gasteiger partial charge in [0, 0.05) is 12.2 Å². The van der Waals surface area contributed by atoms with Crippen LogP contribution in [0.3, 0.4) is 0 Å². The van der Waals surface area contributed by atoms with Crippen molar-refractivity contribution in [3.05, 3.63) is 18.2 Å². The summed E-state index contributed by atoms with van der Waals surface area (Å²) in [5.74, 6) is 0. The molecule has 1 aliphatic carbocycles. The van der Waals surface area contributed by atoms with Gasteiger partial charge in [0.1, 0.15) is 4.90 Å². The zero-order valence-electron chi connectivity index (χ0n) is 10.4. The lowest BCUT2D eigenvalue weighted by atomic mass is 10.0. The lowest BCUT2D eigenvalue weighted by Gasteiger charge is -2.16. The van der Waals surface area contributed by atoms with E-state index in [9.17, 15) is 8.42 Å². The van der Waals surface area contributed by atoms with Gasteiger partial charge >= 0.3 is 0 Å². The second-order valence-electron chi connectivity index (χ2n) is 5.01. The second-order valence-corrected chi connectivity index (χ2v) is 6.54. The number of anilines is 2. The maximum Gasteiger partial charge on any atom is 0.240 e. The minimum Gasteiger partial charge on any atom is -0.399 e. The molecule has 0 saturated heterocycles. The highest BCUT2D eigenvalue weighted by molar-refractivity contribution is 7.89. The van der Waals surface area contributed by atoms with Crippen LogP contribution in [-0.4, -0.2) is 15.0 Å². The van der Waals surface area contributed by atoms with Gasteiger partial charge in [-0.1, -0.05) is 6.92 Å². The van der Waals surface area contributed by atoms with E-state index < -0.39 is 10.0 Å². The van der Waals surface area contributed by atoms with E-state index in [0.29, 0.717) is 16.8 Å². The molecule has 5 nitrogen and oxygen atoms in total. The molecule has 1 saturated carbocycles. The standard InChI is InChI=1S/C12H19N3O2S/c1-2-12(5-6-12)8-15-10-4-3-9(13)7-11(10)18(14,16)17/h3-4,7,15H,2,5-6,8,13H2,1H3,(H2,14,16,17). The normalized spacial score (nSPS) is 17.4. The molecule has 0 heterocycles. The minimum absolute atomic E-state index is 0.0643.